The Morgan fingerprint density at radius 2 is 2.22 bits per heavy atom. The van der Waals surface area contributed by atoms with E-state index in [2.05, 4.69) is 17.0 Å². The lowest BCUT2D eigenvalue weighted by molar-refractivity contribution is -0.139. The molecule has 1 amide bonds. The van der Waals surface area contributed by atoms with Gasteiger partial charge in [-0.2, -0.15) is 0 Å². The van der Waals surface area contributed by atoms with Gasteiger partial charge in [0.05, 0.1) is 24.9 Å². The first-order chi connectivity index (χ1) is 10.8. The molecule has 0 bridgehead atoms. The third-order valence-corrected chi connectivity index (χ3v) is 3.48. The van der Waals surface area contributed by atoms with E-state index in [-0.39, 0.29) is 24.6 Å². The van der Waals surface area contributed by atoms with Crippen molar-refractivity contribution in [3.8, 4) is 0 Å². The van der Waals surface area contributed by atoms with E-state index in [1.807, 2.05) is 0 Å². The number of nitrogens with zero attached hydrogens (tertiary/aromatic N) is 1. The zero-order valence-corrected chi connectivity index (χ0v) is 13.1. The van der Waals surface area contributed by atoms with E-state index in [1.165, 1.54) is 0 Å². The molecule has 5 N–H and O–H groups in total. The minimum Gasteiger partial charge on any atom is -0.481 e. The molecule has 1 aliphatic rings. The fourth-order valence-electron chi connectivity index (χ4n) is 2.27. The van der Waals surface area contributed by atoms with Gasteiger partial charge in [-0.15, -0.1) is 0 Å². The summed E-state index contributed by atoms with van der Waals surface area (Å²) in [6, 6.07) is 0. The summed E-state index contributed by atoms with van der Waals surface area (Å²) >= 11 is 0. The number of carboxylic acid groups (broad SMARTS) is 1. The Morgan fingerprint density at radius 1 is 1.52 bits per heavy atom. The maximum absolute atomic E-state index is 12.0. The van der Waals surface area contributed by atoms with Gasteiger partial charge in [-0.25, -0.2) is 4.99 Å². The quantitative estimate of drug-likeness (QED) is 0.295. The Kier molecular flexibility index (Phi) is 7.50. The number of rotatable bonds is 7. The van der Waals surface area contributed by atoms with E-state index in [9.17, 15) is 14.6 Å². The smallest absolute Gasteiger partial charge is 0.478 e. The molecule has 0 aliphatic carbocycles. The number of amides is 1. The summed E-state index contributed by atoms with van der Waals surface area (Å²) in [6.45, 7) is 5.06. The largest absolute Gasteiger partial charge is 0.481 e. The molecule has 0 aromatic heterocycles. The first-order valence-electron chi connectivity index (χ1n) is 7.29. The van der Waals surface area contributed by atoms with Crippen LogP contribution in [-0.4, -0.2) is 47.9 Å². The maximum atomic E-state index is 12.0. The lowest BCUT2D eigenvalue weighted by atomic mass is 9.72. The summed E-state index contributed by atoms with van der Waals surface area (Å²) in [4.78, 5) is 26.2. The summed E-state index contributed by atoms with van der Waals surface area (Å²) in [5.41, 5.74) is 6.21. The van der Waals surface area contributed by atoms with Crippen molar-refractivity contribution in [3.63, 3.8) is 0 Å². The second kappa shape index (κ2) is 9.11. The normalized spacial score (nSPS) is 22.6. The van der Waals surface area contributed by atoms with Crippen LogP contribution < -0.4 is 11.1 Å². The van der Waals surface area contributed by atoms with Gasteiger partial charge < -0.3 is 25.8 Å². The standard InChI is InChI=1S/C14H22BN3O5/c1-3-9(6-12(16)17-2)7-13(19)18-11-5-4-10(8-14(20)21)23-15(11)22/h3,6,10-11,22H,2,4-5,7-8,16H2,1H3,(H,18,19)(H,20,21)/b9-3+,12-6-/t10-,11-/m0/s1. The average Bonchev–Trinajstić information content (AvgIpc) is 2.48. The van der Waals surface area contributed by atoms with Gasteiger partial charge in [0.2, 0.25) is 5.91 Å². The summed E-state index contributed by atoms with van der Waals surface area (Å²) in [5, 5.41) is 21.3. The molecule has 9 heteroatoms. The van der Waals surface area contributed by atoms with Gasteiger partial charge in [0.25, 0.3) is 0 Å². The molecule has 1 aliphatic heterocycles. The highest BCUT2D eigenvalue weighted by molar-refractivity contribution is 6.45. The van der Waals surface area contributed by atoms with Crippen LogP contribution in [0.5, 0.6) is 0 Å². The Bertz CT molecular complexity index is 521. The minimum atomic E-state index is -1.22. The molecular formula is C14H22BN3O5. The fraction of sp³-hybridized carbons (Fsp3) is 0.500. The Balaban J connectivity index is 2.52. The van der Waals surface area contributed by atoms with E-state index in [4.69, 9.17) is 15.5 Å². The Morgan fingerprint density at radius 3 is 2.74 bits per heavy atom. The zero-order valence-electron chi connectivity index (χ0n) is 13.1. The van der Waals surface area contributed by atoms with Crippen LogP contribution in [0.4, 0.5) is 0 Å². The van der Waals surface area contributed by atoms with E-state index in [1.54, 1.807) is 19.1 Å². The van der Waals surface area contributed by atoms with Crippen LogP contribution in [0.15, 0.2) is 28.5 Å². The molecule has 1 saturated heterocycles. The topological polar surface area (TPSA) is 134 Å². The molecule has 0 radical (unpaired) electrons. The van der Waals surface area contributed by atoms with Crippen molar-refractivity contribution in [1.82, 2.24) is 5.32 Å². The minimum absolute atomic E-state index is 0.0779. The highest BCUT2D eigenvalue weighted by atomic mass is 16.5. The molecule has 0 unspecified atom stereocenters. The van der Waals surface area contributed by atoms with Gasteiger partial charge in [0, 0.05) is 0 Å². The lowest BCUT2D eigenvalue weighted by Gasteiger charge is -2.30. The van der Waals surface area contributed by atoms with Gasteiger partial charge in [-0.1, -0.05) is 6.08 Å². The molecule has 0 aromatic rings. The van der Waals surface area contributed by atoms with Gasteiger partial charge in [0.15, 0.2) is 0 Å². The maximum Gasteiger partial charge on any atom is 0.478 e. The van der Waals surface area contributed by atoms with Gasteiger partial charge in [-0.3, -0.25) is 9.59 Å². The molecule has 0 saturated carbocycles. The molecule has 0 spiro atoms. The van der Waals surface area contributed by atoms with Crippen molar-refractivity contribution in [2.75, 3.05) is 0 Å². The number of carboxylic acids is 1. The third kappa shape index (κ3) is 6.66. The number of nitrogens with two attached hydrogens (primary N) is 1. The molecule has 1 rings (SSSR count). The SMILES string of the molecule is C=N/C(N)=C\C(=C/C)CC(=O)N[C@H]1CC[C@@H](CC(=O)O)OB1O. The van der Waals surface area contributed by atoms with Crippen LogP contribution >= 0.6 is 0 Å². The first-order valence-corrected chi connectivity index (χ1v) is 7.29. The number of aliphatic imine (C=N–C) groups is 1. The summed E-state index contributed by atoms with van der Waals surface area (Å²) < 4.78 is 5.21. The van der Waals surface area contributed by atoms with E-state index in [0.29, 0.717) is 18.4 Å². The second-order valence-electron chi connectivity index (χ2n) is 5.27. The highest BCUT2D eigenvalue weighted by Gasteiger charge is 2.36. The molecule has 8 nitrogen and oxygen atoms in total. The van der Waals surface area contributed by atoms with Crippen molar-refractivity contribution in [3.05, 3.63) is 23.5 Å². The van der Waals surface area contributed by atoms with Crippen LogP contribution in [0.3, 0.4) is 0 Å². The van der Waals surface area contributed by atoms with Crippen molar-refractivity contribution >= 4 is 25.7 Å². The number of hydrogen-bond acceptors (Lipinski definition) is 6. The molecule has 1 heterocycles. The number of carbonyl (C=O) groups excluding carboxylic acids is 1. The molecule has 126 valence electrons. The molecule has 0 aromatic carbocycles. The summed E-state index contributed by atoms with van der Waals surface area (Å²) in [7, 11) is -1.22. The molecule has 1 fully saturated rings. The number of carbonyl (C=O) groups is 2. The van der Waals surface area contributed by atoms with Gasteiger partial charge in [0.1, 0.15) is 5.82 Å². The van der Waals surface area contributed by atoms with E-state index >= 15 is 0 Å². The van der Waals surface area contributed by atoms with Crippen LogP contribution in [0.1, 0.15) is 32.6 Å². The van der Waals surface area contributed by atoms with Crippen LogP contribution in [0.2, 0.25) is 0 Å². The number of hydrogen-bond donors (Lipinski definition) is 4. The van der Waals surface area contributed by atoms with Gasteiger partial charge in [-0.05, 0) is 38.1 Å². The number of nitrogens with one attached hydrogen (secondary N) is 1. The fourth-order valence-corrected chi connectivity index (χ4v) is 2.27. The van der Waals surface area contributed by atoms with E-state index < -0.39 is 25.1 Å². The number of aliphatic carboxylic acids is 1. The predicted molar refractivity (Wildman–Crippen MR) is 86.5 cm³/mol. The molecular weight excluding hydrogens is 301 g/mol. The lowest BCUT2D eigenvalue weighted by Crippen LogP contribution is -2.52. The van der Waals surface area contributed by atoms with Crippen molar-refractivity contribution in [2.24, 2.45) is 10.7 Å². The van der Waals surface area contributed by atoms with Crippen molar-refractivity contribution < 1.29 is 24.4 Å². The van der Waals surface area contributed by atoms with Crippen LogP contribution in [0.25, 0.3) is 0 Å². The Labute approximate surface area is 135 Å². The summed E-state index contributed by atoms with van der Waals surface area (Å²) in [5.74, 6) is -1.63. The van der Waals surface area contributed by atoms with Crippen LogP contribution in [-0.2, 0) is 14.2 Å². The molecule has 2 atom stereocenters. The van der Waals surface area contributed by atoms with E-state index in [0.717, 1.165) is 0 Å². The van der Waals surface area contributed by atoms with Crippen molar-refractivity contribution in [1.29, 1.82) is 0 Å². The first kappa shape index (κ1) is 18.9. The van der Waals surface area contributed by atoms with Crippen LogP contribution in [0, 0.1) is 0 Å². The summed E-state index contributed by atoms with van der Waals surface area (Å²) in [6.07, 6.45) is 3.55. The average molecular weight is 323 g/mol. The third-order valence-electron chi connectivity index (χ3n) is 3.48. The second-order valence-corrected chi connectivity index (χ2v) is 5.27. The molecule has 23 heavy (non-hydrogen) atoms. The van der Waals surface area contributed by atoms with Gasteiger partial charge >= 0.3 is 13.1 Å². The number of allylic oxidation sites excluding steroid dienone is 2. The monoisotopic (exact) mass is 323 g/mol. The predicted octanol–water partition coefficient (Wildman–Crippen LogP) is -0.0183. The zero-order chi connectivity index (χ0) is 17.4. The highest BCUT2D eigenvalue weighted by Crippen LogP contribution is 2.19. The Hall–Kier alpha value is -2.13. The van der Waals surface area contributed by atoms with Crippen molar-refractivity contribution in [2.45, 2.75) is 44.7 Å².